The van der Waals surface area contributed by atoms with Crippen molar-refractivity contribution in [2.75, 3.05) is 0 Å². The van der Waals surface area contributed by atoms with E-state index >= 15 is 0 Å². The van der Waals surface area contributed by atoms with E-state index in [1.54, 1.807) is 0 Å². The molecule has 1 aromatic carbocycles. The molecule has 1 heterocycles. The lowest BCUT2D eigenvalue weighted by atomic mass is 10.1. The van der Waals surface area contributed by atoms with Crippen LogP contribution in [0.5, 0.6) is 0 Å². The molecule has 1 N–H and O–H groups in total. The lowest BCUT2D eigenvalue weighted by Gasteiger charge is -2.07. The molecule has 2 rings (SSSR count). The van der Waals surface area contributed by atoms with Crippen LogP contribution < -0.4 is 0 Å². The molecular formula is C12H4F5NO2. The molecule has 0 saturated heterocycles. The van der Waals surface area contributed by atoms with Crippen LogP contribution in [0.1, 0.15) is 10.4 Å². The molecule has 0 amide bonds. The number of rotatable bonds is 2. The van der Waals surface area contributed by atoms with Crippen molar-refractivity contribution in [2.45, 2.75) is 0 Å². The number of halogens is 5. The molecule has 8 heteroatoms. The molecule has 0 saturated carbocycles. The molecule has 20 heavy (non-hydrogen) atoms. The minimum Gasteiger partial charge on any atom is -0.478 e. The van der Waals surface area contributed by atoms with Crippen LogP contribution in [0, 0.1) is 29.1 Å². The van der Waals surface area contributed by atoms with Crippen LogP contribution in [-0.4, -0.2) is 16.1 Å². The van der Waals surface area contributed by atoms with Gasteiger partial charge in [0.05, 0.1) is 16.8 Å². The van der Waals surface area contributed by atoms with Gasteiger partial charge in [-0.2, -0.15) is 0 Å². The van der Waals surface area contributed by atoms with Gasteiger partial charge in [0.15, 0.2) is 23.3 Å². The smallest absolute Gasteiger partial charge is 0.337 e. The lowest BCUT2D eigenvalue weighted by molar-refractivity contribution is 0.0696. The highest BCUT2D eigenvalue weighted by Crippen LogP contribution is 2.30. The number of carbonyl (C=O) groups is 1. The Hall–Kier alpha value is -2.51. The fourth-order valence-electron chi connectivity index (χ4n) is 1.50. The maximum atomic E-state index is 13.5. The highest BCUT2D eigenvalue weighted by molar-refractivity contribution is 5.87. The van der Waals surface area contributed by atoms with Crippen molar-refractivity contribution < 1.29 is 31.9 Å². The van der Waals surface area contributed by atoms with Crippen molar-refractivity contribution in [3.63, 3.8) is 0 Å². The van der Waals surface area contributed by atoms with E-state index in [1.807, 2.05) is 0 Å². The maximum Gasteiger partial charge on any atom is 0.337 e. The first-order valence-corrected chi connectivity index (χ1v) is 5.05. The van der Waals surface area contributed by atoms with Gasteiger partial charge in [0.25, 0.3) is 0 Å². The summed E-state index contributed by atoms with van der Waals surface area (Å²) in [5.74, 6) is -11.9. The van der Waals surface area contributed by atoms with Gasteiger partial charge in [-0.25, -0.2) is 26.7 Å². The molecule has 0 aliphatic rings. The molecule has 1 aromatic heterocycles. The van der Waals surface area contributed by atoms with Crippen LogP contribution in [-0.2, 0) is 0 Å². The summed E-state index contributed by atoms with van der Waals surface area (Å²) in [4.78, 5) is 14.0. The third-order valence-corrected chi connectivity index (χ3v) is 2.48. The number of carboxylic acids is 1. The summed E-state index contributed by atoms with van der Waals surface area (Å²) < 4.78 is 65.8. The molecule has 0 unspecified atom stereocenters. The maximum absolute atomic E-state index is 13.5. The highest BCUT2D eigenvalue weighted by atomic mass is 19.2. The van der Waals surface area contributed by atoms with Gasteiger partial charge in [0.1, 0.15) is 0 Å². The Labute approximate surface area is 108 Å². The number of benzene rings is 1. The number of carboxylic acid groups (broad SMARTS) is 1. The third-order valence-electron chi connectivity index (χ3n) is 2.48. The Morgan fingerprint density at radius 2 is 1.40 bits per heavy atom. The average Bonchev–Trinajstić information content (AvgIpc) is 2.44. The summed E-state index contributed by atoms with van der Waals surface area (Å²) in [6, 6.07) is 1.78. The zero-order valence-corrected chi connectivity index (χ0v) is 9.42. The molecule has 104 valence electrons. The van der Waals surface area contributed by atoms with Gasteiger partial charge in [-0.1, -0.05) is 0 Å². The zero-order valence-electron chi connectivity index (χ0n) is 9.42. The average molecular weight is 289 g/mol. The predicted octanol–water partition coefficient (Wildman–Crippen LogP) is 3.14. The molecule has 0 aliphatic carbocycles. The molecule has 2 aromatic rings. The van der Waals surface area contributed by atoms with E-state index in [9.17, 15) is 26.7 Å². The van der Waals surface area contributed by atoms with Gasteiger partial charge >= 0.3 is 5.97 Å². The molecule has 0 aliphatic heterocycles. The number of aromatic nitrogens is 1. The van der Waals surface area contributed by atoms with Crippen molar-refractivity contribution in [3.8, 4) is 11.3 Å². The van der Waals surface area contributed by atoms with Crippen LogP contribution in [0.3, 0.4) is 0 Å². The molecule has 3 nitrogen and oxygen atoms in total. The Morgan fingerprint density at radius 1 is 0.900 bits per heavy atom. The van der Waals surface area contributed by atoms with Crippen molar-refractivity contribution in [1.29, 1.82) is 0 Å². The quantitative estimate of drug-likeness (QED) is 0.525. The third kappa shape index (κ3) is 2.09. The number of aromatic carboxylic acids is 1. The van der Waals surface area contributed by atoms with E-state index in [-0.39, 0.29) is 5.56 Å². The second-order valence-corrected chi connectivity index (χ2v) is 3.68. The number of hydrogen-bond acceptors (Lipinski definition) is 2. The first-order chi connectivity index (χ1) is 9.34. The topological polar surface area (TPSA) is 50.2 Å². The molecule has 0 radical (unpaired) electrons. The normalized spacial score (nSPS) is 10.7. The summed E-state index contributed by atoms with van der Waals surface area (Å²) in [5.41, 5.74) is -2.07. The summed E-state index contributed by atoms with van der Waals surface area (Å²) in [6.45, 7) is 0. The predicted molar refractivity (Wildman–Crippen MR) is 56.4 cm³/mol. The van der Waals surface area contributed by atoms with E-state index in [2.05, 4.69) is 4.98 Å². The SMILES string of the molecule is O=C(O)c1ccc(-c2c(F)c(F)c(F)c(F)c2F)nc1. The Kier molecular flexibility index (Phi) is 3.39. The van der Waals surface area contributed by atoms with Gasteiger partial charge in [0, 0.05) is 6.20 Å². The van der Waals surface area contributed by atoms with Gasteiger partial charge in [0.2, 0.25) is 5.82 Å². The summed E-state index contributed by atoms with van der Waals surface area (Å²) in [6.07, 6.45) is 0.746. The van der Waals surface area contributed by atoms with E-state index in [0.29, 0.717) is 0 Å². The second-order valence-electron chi connectivity index (χ2n) is 3.68. The molecular weight excluding hydrogens is 285 g/mol. The molecule has 0 fully saturated rings. The van der Waals surface area contributed by atoms with E-state index < -0.39 is 46.3 Å². The van der Waals surface area contributed by atoms with E-state index in [4.69, 9.17) is 5.11 Å². The Balaban J connectivity index is 2.67. The van der Waals surface area contributed by atoms with E-state index in [1.165, 1.54) is 0 Å². The van der Waals surface area contributed by atoms with Gasteiger partial charge in [-0.05, 0) is 12.1 Å². The van der Waals surface area contributed by atoms with Crippen molar-refractivity contribution in [2.24, 2.45) is 0 Å². The summed E-state index contributed by atoms with van der Waals surface area (Å²) in [7, 11) is 0. The summed E-state index contributed by atoms with van der Waals surface area (Å²) in [5, 5.41) is 8.62. The first kappa shape index (κ1) is 13.9. The van der Waals surface area contributed by atoms with Crippen LogP contribution in [0.25, 0.3) is 11.3 Å². The van der Waals surface area contributed by atoms with Crippen LogP contribution in [0.2, 0.25) is 0 Å². The fraction of sp³-hybridized carbons (Fsp3) is 0. The van der Waals surface area contributed by atoms with Gasteiger partial charge < -0.3 is 5.11 Å². The van der Waals surface area contributed by atoms with Gasteiger partial charge in [-0.15, -0.1) is 0 Å². The molecule has 0 spiro atoms. The lowest BCUT2D eigenvalue weighted by Crippen LogP contribution is -2.05. The monoisotopic (exact) mass is 289 g/mol. The number of hydrogen-bond donors (Lipinski definition) is 1. The van der Waals surface area contributed by atoms with Crippen LogP contribution >= 0.6 is 0 Å². The molecule has 0 atom stereocenters. The second kappa shape index (κ2) is 4.87. The largest absolute Gasteiger partial charge is 0.478 e. The minimum absolute atomic E-state index is 0.294. The van der Waals surface area contributed by atoms with Crippen LogP contribution in [0.15, 0.2) is 18.3 Å². The zero-order chi connectivity index (χ0) is 15.0. The minimum atomic E-state index is -2.27. The highest BCUT2D eigenvalue weighted by Gasteiger charge is 2.27. The van der Waals surface area contributed by atoms with Gasteiger partial charge in [-0.3, -0.25) is 4.98 Å². The Morgan fingerprint density at radius 3 is 1.80 bits per heavy atom. The fourth-order valence-corrected chi connectivity index (χ4v) is 1.50. The standard InChI is InChI=1S/C12H4F5NO2/c13-7-6(8(14)10(16)11(17)9(7)15)5-2-1-4(3-18-5)12(19)20/h1-3H,(H,19,20). The van der Waals surface area contributed by atoms with E-state index in [0.717, 1.165) is 18.3 Å². The van der Waals surface area contributed by atoms with Crippen molar-refractivity contribution in [3.05, 3.63) is 53.0 Å². The summed E-state index contributed by atoms with van der Waals surface area (Å²) >= 11 is 0. The number of nitrogens with zero attached hydrogens (tertiary/aromatic N) is 1. The molecule has 0 bridgehead atoms. The van der Waals surface area contributed by atoms with Crippen LogP contribution in [0.4, 0.5) is 22.0 Å². The van der Waals surface area contributed by atoms with Crippen molar-refractivity contribution in [1.82, 2.24) is 4.98 Å². The first-order valence-electron chi connectivity index (χ1n) is 5.05. The van der Waals surface area contributed by atoms with Crippen molar-refractivity contribution >= 4 is 5.97 Å². The Bertz CT molecular complexity index is 671. The number of pyridine rings is 1.